The fourth-order valence-electron chi connectivity index (χ4n) is 2.84. The van der Waals surface area contributed by atoms with Gasteiger partial charge in [0.2, 0.25) is 0 Å². The van der Waals surface area contributed by atoms with Gasteiger partial charge in [-0.05, 0) is 52.4 Å². The molecule has 0 saturated carbocycles. The fourth-order valence-corrected chi connectivity index (χ4v) is 2.84. The summed E-state index contributed by atoms with van der Waals surface area (Å²) in [6, 6.07) is 0. The van der Waals surface area contributed by atoms with Crippen LogP contribution >= 0.6 is 0 Å². The minimum Gasteiger partial charge on any atom is -0.317 e. The Kier molecular flexibility index (Phi) is 3.76. The molecule has 2 rings (SSSR count). The Morgan fingerprint density at radius 2 is 1.93 bits per heavy atom. The van der Waals surface area contributed by atoms with Crippen LogP contribution in [0.4, 0.5) is 0 Å². The first-order valence-electron chi connectivity index (χ1n) is 6.20. The molecule has 2 heterocycles. The minimum atomic E-state index is 0.326. The van der Waals surface area contributed by atoms with Gasteiger partial charge >= 0.3 is 0 Å². The van der Waals surface area contributed by atoms with Crippen LogP contribution in [-0.4, -0.2) is 43.9 Å². The molecule has 0 aromatic heterocycles. The van der Waals surface area contributed by atoms with Crippen molar-refractivity contribution in [1.82, 2.24) is 10.2 Å². The summed E-state index contributed by atoms with van der Waals surface area (Å²) in [5.74, 6) is 1.22. The van der Waals surface area contributed by atoms with Gasteiger partial charge in [0.25, 0.3) is 0 Å². The molecular formula is C12H22N2O. The number of carbonyl (C=O) groups is 1. The topological polar surface area (TPSA) is 32.3 Å². The number of likely N-dealkylation sites (tertiary alicyclic amines) is 1. The smallest absolute Gasteiger partial charge is 0.140 e. The van der Waals surface area contributed by atoms with Crippen molar-refractivity contribution < 1.29 is 4.79 Å². The van der Waals surface area contributed by atoms with Gasteiger partial charge in [-0.1, -0.05) is 0 Å². The first kappa shape index (κ1) is 11.1. The number of nitrogens with one attached hydrogen (secondary N) is 1. The second kappa shape index (κ2) is 5.08. The largest absolute Gasteiger partial charge is 0.317 e. The lowest BCUT2D eigenvalue weighted by Crippen LogP contribution is -2.41. The zero-order chi connectivity index (χ0) is 10.7. The second-order valence-corrected chi connectivity index (χ2v) is 5.03. The van der Waals surface area contributed by atoms with Crippen molar-refractivity contribution in [3.63, 3.8) is 0 Å². The summed E-state index contributed by atoms with van der Waals surface area (Å²) in [4.78, 5) is 14.5. The van der Waals surface area contributed by atoms with Crippen LogP contribution in [0.2, 0.25) is 0 Å². The highest BCUT2D eigenvalue weighted by molar-refractivity contribution is 5.83. The van der Waals surface area contributed by atoms with Crippen LogP contribution in [0.25, 0.3) is 0 Å². The highest BCUT2D eigenvalue weighted by Gasteiger charge is 2.30. The molecular weight excluding hydrogens is 188 g/mol. The highest BCUT2D eigenvalue weighted by atomic mass is 16.1. The number of carbonyl (C=O) groups excluding carboxylic acids is 1. The SMILES string of the molecule is CN1CCCC(C(=O)C2CCNCC2)C1. The van der Waals surface area contributed by atoms with Gasteiger partial charge < -0.3 is 10.2 Å². The Labute approximate surface area is 92.2 Å². The predicted octanol–water partition coefficient (Wildman–Crippen LogP) is 0.897. The number of piperidine rings is 2. The summed E-state index contributed by atoms with van der Waals surface area (Å²) < 4.78 is 0. The molecule has 15 heavy (non-hydrogen) atoms. The Bertz CT molecular complexity index is 224. The zero-order valence-electron chi connectivity index (χ0n) is 9.67. The van der Waals surface area contributed by atoms with E-state index in [1.807, 2.05) is 0 Å². The van der Waals surface area contributed by atoms with Crippen LogP contribution in [0.5, 0.6) is 0 Å². The molecule has 0 aromatic rings. The van der Waals surface area contributed by atoms with Gasteiger partial charge in [-0.25, -0.2) is 0 Å². The van der Waals surface area contributed by atoms with E-state index in [-0.39, 0.29) is 0 Å². The normalized spacial score (nSPS) is 30.3. The Balaban J connectivity index is 1.88. The van der Waals surface area contributed by atoms with E-state index in [0.29, 0.717) is 17.6 Å². The quantitative estimate of drug-likeness (QED) is 0.735. The fraction of sp³-hybridized carbons (Fsp3) is 0.917. The molecule has 86 valence electrons. The molecule has 3 nitrogen and oxygen atoms in total. The number of ketones is 1. The number of hydrogen-bond acceptors (Lipinski definition) is 3. The summed E-state index contributed by atoms with van der Waals surface area (Å²) >= 11 is 0. The minimum absolute atomic E-state index is 0.326. The first-order valence-corrected chi connectivity index (χ1v) is 6.20. The molecule has 2 fully saturated rings. The molecule has 1 unspecified atom stereocenters. The van der Waals surface area contributed by atoms with Gasteiger partial charge in [-0.15, -0.1) is 0 Å². The van der Waals surface area contributed by atoms with Crippen LogP contribution in [0.15, 0.2) is 0 Å². The molecule has 1 atom stereocenters. The number of hydrogen-bond donors (Lipinski definition) is 1. The third-order valence-electron chi connectivity index (χ3n) is 3.77. The maximum atomic E-state index is 12.2. The van der Waals surface area contributed by atoms with Crippen molar-refractivity contribution >= 4 is 5.78 Å². The molecule has 1 N–H and O–H groups in total. The van der Waals surface area contributed by atoms with Crippen LogP contribution in [0.1, 0.15) is 25.7 Å². The van der Waals surface area contributed by atoms with Gasteiger partial charge in [-0.3, -0.25) is 4.79 Å². The first-order chi connectivity index (χ1) is 7.27. The third-order valence-corrected chi connectivity index (χ3v) is 3.77. The molecule has 0 aliphatic carbocycles. The molecule has 0 spiro atoms. The summed E-state index contributed by atoms with van der Waals surface area (Å²) in [6.45, 7) is 4.21. The van der Waals surface area contributed by atoms with Gasteiger partial charge in [0, 0.05) is 18.4 Å². The van der Waals surface area contributed by atoms with Crippen LogP contribution in [-0.2, 0) is 4.79 Å². The van der Waals surface area contributed by atoms with Crippen molar-refractivity contribution in [3.05, 3.63) is 0 Å². The van der Waals surface area contributed by atoms with E-state index in [4.69, 9.17) is 0 Å². The second-order valence-electron chi connectivity index (χ2n) is 5.03. The van der Waals surface area contributed by atoms with Crippen molar-refractivity contribution in [2.75, 3.05) is 33.2 Å². The van der Waals surface area contributed by atoms with Gasteiger partial charge in [0.05, 0.1) is 0 Å². The Morgan fingerprint density at radius 1 is 1.20 bits per heavy atom. The maximum Gasteiger partial charge on any atom is 0.140 e. The van der Waals surface area contributed by atoms with E-state index in [0.717, 1.165) is 45.4 Å². The summed E-state index contributed by atoms with van der Waals surface area (Å²) in [6.07, 6.45) is 4.42. The van der Waals surface area contributed by atoms with E-state index in [1.54, 1.807) is 0 Å². The molecule has 0 radical (unpaired) electrons. The van der Waals surface area contributed by atoms with Gasteiger partial charge in [0.1, 0.15) is 5.78 Å². The average Bonchev–Trinajstić information content (AvgIpc) is 2.29. The van der Waals surface area contributed by atoms with Crippen LogP contribution in [0, 0.1) is 11.8 Å². The van der Waals surface area contributed by atoms with E-state index >= 15 is 0 Å². The van der Waals surface area contributed by atoms with Gasteiger partial charge in [-0.2, -0.15) is 0 Å². The average molecular weight is 210 g/mol. The molecule has 3 heteroatoms. The van der Waals surface area contributed by atoms with E-state index in [1.165, 1.54) is 6.42 Å². The van der Waals surface area contributed by atoms with Crippen molar-refractivity contribution in [1.29, 1.82) is 0 Å². The van der Waals surface area contributed by atoms with Gasteiger partial charge in [0.15, 0.2) is 0 Å². The molecule has 0 aromatic carbocycles. The standard InChI is InChI=1S/C12H22N2O/c1-14-8-2-3-11(9-14)12(15)10-4-6-13-7-5-10/h10-11,13H,2-9H2,1H3. The van der Waals surface area contributed by atoms with Crippen molar-refractivity contribution in [3.8, 4) is 0 Å². The Hall–Kier alpha value is -0.410. The highest BCUT2D eigenvalue weighted by Crippen LogP contribution is 2.23. The summed E-state index contributed by atoms with van der Waals surface area (Å²) in [5, 5.41) is 3.32. The maximum absolute atomic E-state index is 12.2. The monoisotopic (exact) mass is 210 g/mol. The van der Waals surface area contributed by atoms with Crippen molar-refractivity contribution in [2.45, 2.75) is 25.7 Å². The number of Topliss-reactive ketones (excluding diaryl/α,β-unsaturated/α-hetero) is 1. The van der Waals surface area contributed by atoms with Crippen LogP contribution in [0.3, 0.4) is 0 Å². The molecule has 2 saturated heterocycles. The molecule has 0 bridgehead atoms. The lowest BCUT2D eigenvalue weighted by Gasteiger charge is -2.32. The van der Waals surface area contributed by atoms with Crippen LogP contribution < -0.4 is 5.32 Å². The Morgan fingerprint density at radius 3 is 2.60 bits per heavy atom. The molecule has 0 amide bonds. The van der Waals surface area contributed by atoms with E-state index < -0.39 is 0 Å². The zero-order valence-corrected chi connectivity index (χ0v) is 9.67. The predicted molar refractivity (Wildman–Crippen MR) is 60.8 cm³/mol. The summed E-state index contributed by atoms with van der Waals surface area (Å²) in [5.41, 5.74) is 0. The van der Waals surface area contributed by atoms with Crippen molar-refractivity contribution in [2.24, 2.45) is 11.8 Å². The summed E-state index contributed by atoms with van der Waals surface area (Å²) in [7, 11) is 2.13. The van der Waals surface area contributed by atoms with E-state index in [9.17, 15) is 4.79 Å². The molecule has 2 aliphatic heterocycles. The third kappa shape index (κ3) is 2.79. The molecule has 2 aliphatic rings. The number of rotatable bonds is 2. The number of nitrogens with zero attached hydrogens (tertiary/aromatic N) is 1. The van der Waals surface area contributed by atoms with E-state index in [2.05, 4.69) is 17.3 Å². The lowest BCUT2D eigenvalue weighted by molar-refractivity contribution is -0.129. The lowest BCUT2D eigenvalue weighted by atomic mass is 9.83.